The van der Waals surface area contributed by atoms with E-state index in [9.17, 15) is 29.2 Å². The molecule has 1 saturated heterocycles. The SMILES string of the molecule is CNc1nc2c(ncn2C2OC(COP(=O)(NCC(=O)O)OCCSC(=O)C(C)(C)CO)C(O)C2C)c(=O)[nH]1. The monoisotopic (exact) mass is 592 g/mol. The number of hydrogen-bond acceptors (Lipinski definition) is 13. The number of imidazole rings is 1. The molecule has 5 unspecified atom stereocenters. The number of H-pyrrole nitrogens is 1. The largest absolute Gasteiger partial charge is 0.480 e. The van der Waals surface area contributed by atoms with Crippen LogP contribution in [0.25, 0.3) is 11.2 Å². The number of hydrogen-bond donors (Lipinski definition) is 6. The molecule has 3 rings (SSSR count). The fourth-order valence-electron chi connectivity index (χ4n) is 3.59. The van der Waals surface area contributed by atoms with Crippen molar-refractivity contribution in [3.8, 4) is 0 Å². The first-order valence-electron chi connectivity index (χ1n) is 11.9. The molecule has 1 fully saturated rings. The predicted molar refractivity (Wildman–Crippen MR) is 140 cm³/mol. The Bertz CT molecular complexity index is 1290. The van der Waals surface area contributed by atoms with Crippen LogP contribution in [0.15, 0.2) is 11.1 Å². The fourth-order valence-corrected chi connectivity index (χ4v) is 5.79. The number of nitrogens with zero attached hydrogens (tertiary/aromatic N) is 3. The van der Waals surface area contributed by atoms with Crippen molar-refractivity contribution < 1.29 is 43.3 Å². The molecule has 2 aromatic heterocycles. The molecule has 0 amide bonds. The number of carboxylic acids is 1. The van der Waals surface area contributed by atoms with Gasteiger partial charge in [-0.1, -0.05) is 18.7 Å². The number of fused-ring (bicyclic) bond motifs is 1. The van der Waals surface area contributed by atoms with Gasteiger partial charge in [0, 0.05) is 18.7 Å². The molecule has 1 aliphatic heterocycles. The van der Waals surface area contributed by atoms with Crippen LogP contribution >= 0.6 is 19.5 Å². The second kappa shape index (κ2) is 12.9. The number of thioether (sulfide) groups is 1. The van der Waals surface area contributed by atoms with Gasteiger partial charge in [0.2, 0.25) is 5.95 Å². The van der Waals surface area contributed by atoms with Crippen LogP contribution in [0.2, 0.25) is 0 Å². The van der Waals surface area contributed by atoms with Gasteiger partial charge in [0.15, 0.2) is 16.3 Å². The van der Waals surface area contributed by atoms with Gasteiger partial charge in [-0.05, 0) is 13.8 Å². The van der Waals surface area contributed by atoms with Crippen LogP contribution < -0.4 is 16.0 Å². The highest BCUT2D eigenvalue weighted by Crippen LogP contribution is 2.45. The van der Waals surface area contributed by atoms with Gasteiger partial charge in [-0.2, -0.15) is 4.98 Å². The minimum atomic E-state index is -4.20. The predicted octanol–water partition coefficient (Wildman–Crippen LogP) is 0.150. The van der Waals surface area contributed by atoms with Gasteiger partial charge in [-0.25, -0.2) is 14.6 Å². The Kier molecular flexibility index (Phi) is 10.3. The summed E-state index contributed by atoms with van der Waals surface area (Å²) in [6, 6.07) is 0. The van der Waals surface area contributed by atoms with Gasteiger partial charge in [-0.15, -0.1) is 0 Å². The molecule has 3 heterocycles. The summed E-state index contributed by atoms with van der Waals surface area (Å²) in [7, 11) is -2.61. The maximum atomic E-state index is 13.2. The Balaban J connectivity index is 1.67. The minimum Gasteiger partial charge on any atom is -0.480 e. The van der Waals surface area contributed by atoms with Crippen LogP contribution in [0.3, 0.4) is 0 Å². The molecule has 5 atom stereocenters. The van der Waals surface area contributed by atoms with Crippen LogP contribution in [0.4, 0.5) is 5.95 Å². The molecule has 16 nitrogen and oxygen atoms in total. The maximum absolute atomic E-state index is 13.2. The first-order valence-corrected chi connectivity index (χ1v) is 14.5. The number of anilines is 1. The summed E-state index contributed by atoms with van der Waals surface area (Å²) in [4.78, 5) is 46.4. The van der Waals surface area contributed by atoms with Crippen molar-refractivity contribution >= 4 is 47.7 Å². The molecule has 0 saturated carbocycles. The summed E-state index contributed by atoms with van der Waals surface area (Å²) in [6.45, 7) is 3.11. The molecule has 0 radical (unpaired) electrons. The van der Waals surface area contributed by atoms with E-state index in [1.54, 1.807) is 27.8 Å². The summed E-state index contributed by atoms with van der Waals surface area (Å²) >= 11 is 0.867. The third-order valence-electron chi connectivity index (χ3n) is 5.99. The number of carbonyl (C=O) groups is 2. The zero-order valence-corrected chi connectivity index (χ0v) is 23.5. The number of ether oxygens (including phenoxy) is 1. The second-order valence-electron chi connectivity index (χ2n) is 9.44. The lowest BCUT2D eigenvalue weighted by molar-refractivity contribution is -0.135. The Hall–Kier alpha value is -2.37. The van der Waals surface area contributed by atoms with Crippen LogP contribution in [0.1, 0.15) is 27.0 Å². The van der Waals surface area contributed by atoms with E-state index in [4.69, 9.17) is 18.9 Å². The number of aliphatic carboxylic acids is 1. The number of rotatable bonds is 14. The average molecular weight is 593 g/mol. The zero-order valence-electron chi connectivity index (χ0n) is 21.8. The van der Waals surface area contributed by atoms with Gasteiger partial charge in [-0.3, -0.25) is 33.0 Å². The molecule has 0 aliphatic carbocycles. The topological polar surface area (TPSA) is 227 Å². The maximum Gasteiger partial charge on any atom is 0.406 e. The van der Waals surface area contributed by atoms with E-state index in [1.165, 1.54) is 10.9 Å². The second-order valence-corrected chi connectivity index (χ2v) is 12.3. The molecule has 18 heteroatoms. The number of nitrogens with one attached hydrogen (secondary N) is 3. The third kappa shape index (κ3) is 7.43. The minimum absolute atomic E-state index is 0.0699. The lowest BCUT2D eigenvalue weighted by Gasteiger charge is -2.22. The van der Waals surface area contributed by atoms with Crippen molar-refractivity contribution in [3.63, 3.8) is 0 Å². The van der Waals surface area contributed by atoms with E-state index in [-0.39, 0.29) is 41.2 Å². The number of carbonyl (C=O) groups excluding carboxylic acids is 1. The zero-order chi connectivity index (χ0) is 29.0. The van der Waals surface area contributed by atoms with Crippen molar-refractivity contribution in [1.82, 2.24) is 24.6 Å². The summed E-state index contributed by atoms with van der Waals surface area (Å²) in [5.41, 5.74) is -1.12. The molecular weight excluding hydrogens is 559 g/mol. The van der Waals surface area contributed by atoms with E-state index in [0.717, 1.165) is 11.8 Å². The molecule has 39 heavy (non-hydrogen) atoms. The normalized spacial score (nSPS) is 23.1. The standard InChI is InChI=1S/C21H33N6O10PS/c1-11-15(31)12(37-18(11)27-10-23-14-16(27)25-20(22-4)26-17(14)32)8-36-38(34,24-7-13(29)30)35-5-6-39-19(33)21(2,3)9-28/h10-12,15,18,28,31H,5-9H2,1-4H3,(H,24,34)(H,29,30)(H2,22,25,26,32). The van der Waals surface area contributed by atoms with Crippen LogP contribution in [0, 0.1) is 11.3 Å². The Morgan fingerprint density at radius 2 is 2.08 bits per heavy atom. The summed E-state index contributed by atoms with van der Waals surface area (Å²) in [6.07, 6.45) is -1.54. The Morgan fingerprint density at radius 1 is 1.36 bits per heavy atom. The van der Waals surface area contributed by atoms with Crippen LogP contribution in [-0.2, 0) is 27.9 Å². The lowest BCUT2D eigenvalue weighted by atomic mass is 9.97. The molecule has 2 aromatic rings. The van der Waals surface area contributed by atoms with E-state index >= 15 is 0 Å². The number of aliphatic hydroxyl groups is 2. The fraction of sp³-hybridized carbons (Fsp3) is 0.667. The van der Waals surface area contributed by atoms with Crippen molar-refractivity contribution in [3.05, 3.63) is 16.7 Å². The molecule has 0 spiro atoms. The first-order chi connectivity index (χ1) is 18.3. The quantitative estimate of drug-likeness (QED) is 0.127. The van der Waals surface area contributed by atoms with E-state index < -0.39 is 62.2 Å². The Morgan fingerprint density at radius 3 is 2.72 bits per heavy atom. The number of aromatic nitrogens is 4. The lowest BCUT2D eigenvalue weighted by Crippen LogP contribution is -2.31. The highest BCUT2D eigenvalue weighted by Gasteiger charge is 2.44. The summed E-state index contributed by atoms with van der Waals surface area (Å²) in [5.74, 6) is -1.55. The third-order valence-corrected chi connectivity index (χ3v) is 8.73. The molecule has 6 N–H and O–H groups in total. The highest BCUT2D eigenvalue weighted by molar-refractivity contribution is 8.13. The average Bonchev–Trinajstić information content (AvgIpc) is 3.45. The van der Waals surface area contributed by atoms with E-state index in [0.29, 0.717) is 0 Å². The molecule has 0 aromatic carbocycles. The number of carboxylic acid groups (broad SMARTS) is 1. The van der Waals surface area contributed by atoms with E-state index in [2.05, 4.69) is 25.4 Å². The molecule has 1 aliphatic rings. The summed E-state index contributed by atoms with van der Waals surface area (Å²) in [5, 5.41) is 33.8. The van der Waals surface area contributed by atoms with Gasteiger partial charge < -0.3 is 25.4 Å². The van der Waals surface area contributed by atoms with Gasteiger partial charge >= 0.3 is 13.7 Å². The number of aromatic amines is 1. The smallest absolute Gasteiger partial charge is 0.406 e. The van der Waals surface area contributed by atoms with Crippen molar-refractivity contribution in [2.75, 3.05) is 44.5 Å². The summed E-state index contributed by atoms with van der Waals surface area (Å²) < 4.78 is 31.4. The van der Waals surface area contributed by atoms with Crippen LogP contribution in [-0.4, -0.2) is 97.3 Å². The number of aliphatic hydroxyl groups excluding tert-OH is 2. The van der Waals surface area contributed by atoms with Crippen LogP contribution in [0.5, 0.6) is 0 Å². The van der Waals surface area contributed by atoms with Crippen molar-refractivity contribution in [2.24, 2.45) is 11.3 Å². The van der Waals surface area contributed by atoms with Gasteiger partial charge in [0.1, 0.15) is 18.9 Å². The first kappa shape index (κ1) is 31.2. The van der Waals surface area contributed by atoms with Gasteiger partial charge in [0.05, 0.1) is 37.7 Å². The molecular formula is C21H33N6O10PS. The van der Waals surface area contributed by atoms with E-state index in [1.807, 2.05) is 0 Å². The highest BCUT2D eigenvalue weighted by atomic mass is 32.2. The Labute approximate surface area is 227 Å². The van der Waals surface area contributed by atoms with Gasteiger partial charge in [0.25, 0.3) is 5.56 Å². The molecule has 218 valence electrons. The van der Waals surface area contributed by atoms with Crippen molar-refractivity contribution in [1.29, 1.82) is 0 Å². The van der Waals surface area contributed by atoms with Crippen molar-refractivity contribution in [2.45, 2.75) is 39.2 Å². The molecule has 0 bridgehead atoms.